The molecule has 2 rings (SSSR count). The highest BCUT2D eigenvalue weighted by Gasteiger charge is 2.21. The van der Waals surface area contributed by atoms with Crippen molar-refractivity contribution in [2.75, 3.05) is 25.0 Å². The van der Waals surface area contributed by atoms with Crippen molar-refractivity contribution in [3.8, 4) is 0 Å². The molecule has 1 aliphatic rings. The Morgan fingerprint density at radius 2 is 2.10 bits per heavy atom. The van der Waals surface area contributed by atoms with Gasteiger partial charge in [0.25, 0.3) is 0 Å². The number of anilines is 1. The first-order chi connectivity index (χ1) is 9.69. The van der Waals surface area contributed by atoms with Crippen LogP contribution in [-0.2, 0) is 6.54 Å². The number of hydrogen-bond donors (Lipinski definition) is 1. The zero-order chi connectivity index (χ0) is 14.4. The second kappa shape index (κ2) is 7.63. The molecule has 1 aromatic rings. The Kier molecular flexibility index (Phi) is 5.84. The first-order valence-electron chi connectivity index (χ1n) is 8.10. The summed E-state index contributed by atoms with van der Waals surface area (Å²) in [5, 5.41) is 3.36. The van der Waals surface area contributed by atoms with Gasteiger partial charge in [-0.2, -0.15) is 0 Å². The zero-order valence-corrected chi connectivity index (χ0v) is 13.2. The largest absolute Gasteiger partial charge is 0.370 e. The summed E-state index contributed by atoms with van der Waals surface area (Å²) in [4.78, 5) is 6.96. The molecule has 0 radical (unpaired) electrons. The quantitative estimate of drug-likeness (QED) is 0.856. The van der Waals surface area contributed by atoms with Gasteiger partial charge in [-0.3, -0.25) is 4.90 Å². The number of nitrogens with one attached hydrogen (secondary N) is 1. The Morgan fingerprint density at radius 3 is 2.75 bits per heavy atom. The minimum Gasteiger partial charge on any atom is -0.370 e. The Hall–Kier alpha value is -1.09. The van der Waals surface area contributed by atoms with E-state index in [1.807, 2.05) is 6.20 Å². The van der Waals surface area contributed by atoms with Gasteiger partial charge in [0.15, 0.2) is 0 Å². The molecule has 112 valence electrons. The molecule has 1 fully saturated rings. The number of likely N-dealkylation sites (tertiary alicyclic amines) is 1. The number of aromatic nitrogens is 1. The van der Waals surface area contributed by atoms with Crippen molar-refractivity contribution in [2.24, 2.45) is 11.8 Å². The van der Waals surface area contributed by atoms with Crippen LogP contribution in [0.4, 0.5) is 5.82 Å². The Balaban J connectivity index is 1.84. The van der Waals surface area contributed by atoms with Gasteiger partial charge in [-0.25, -0.2) is 4.98 Å². The van der Waals surface area contributed by atoms with Crippen LogP contribution in [0.5, 0.6) is 0 Å². The van der Waals surface area contributed by atoms with Crippen molar-refractivity contribution in [3.05, 3.63) is 23.9 Å². The molecule has 0 aliphatic carbocycles. The highest BCUT2D eigenvalue weighted by atomic mass is 15.1. The van der Waals surface area contributed by atoms with E-state index in [1.165, 1.54) is 31.5 Å². The summed E-state index contributed by atoms with van der Waals surface area (Å²) in [6.07, 6.45) is 5.76. The smallest absolute Gasteiger partial charge is 0.126 e. The van der Waals surface area contributed by atoms with Crippen LogP contribution >= 0.6 is 0 Å². The molecule has 3 nitrogen and oxygen atoms in total. The lowest BCUT2D eigenvalue weighted by Crippen LogP contribution is -2.34. The number of piperidine rings is 1. The van der Waals surface area contributed by atoms with Gasteiger partial charge < -0.3 is 5.32 Å². The third kappa shape index (κ3) is 4.48. The van der Waals surface area contributed by atoms with Gasteiger partial charge in [-0.05, 0) is 61.9 Å². The van der Waals surface area contributed by atoms with Crippen LogP contribution < -0.4 is 5.32 Å². The van der Waals surface area contributed by atoms with Crippen LogP contribution in [0.15, 0.2) is 18.3 Å². The van der Waals surface area contributed by atoms with E-state index in [-0.39, 0.29) is 0 Å². The standard InChI is InChI=1S/C17H29N3/c1-4-8-18-17-12-15(5-9-19-17)13-20-10-6-16(7-11-20)14(2)3/h5,9,12,14,16H,4,6-8,10-11,13H2,1-3H3,(H,18,19). The lowest BCUT2D eigenvalue weighted by Gasteiger charge is -2.33. The SMILES string of the molecule is CCCNc1cc(CN2CCC(C(C)C)CC2)ccn1. The number of nitrogens with zero attached hydrogens (tertiary/aromatic N) is 2. The Bertz CT molecular complexity index is 395. The van der Waals surface area contributed by atoms with E-state index in [0.29, 0.717) is 0 Å². The summed E-state index contributed by atoms with van der Waals surface area (Å²) >= 11 is 0. The van der Waals surface area contributed by atoms with E-state index in [2.05, 4.69) is 48.1 Å². The predicted molar refractivity (Wildman–Crippen MR) is 85.9 cm³/mol. The maximum Gasteiger partial charge on any atom is 0.126 e. The minimum atomic E-state index is 0.836. The monoisotopic (exact) mass is 275 g/mol. The molecule has 3 heteroatoms. The second-order valence-corrected chi connectivity index (χ2v) is 6.33. The third-order valence-corrected chi connectivity index (χ3v) is 4.36. The molecule has 0 amide bonds. The molecule has 0 aromatic carbocycles. The average molecular weight is 275 g/mol. The van der Waals surface area contributed by atoms with E-state index in [0.717, 1.165) is 37.2 Å². The maximum absolute atomic E-state index is 4.38. The summed E-state index contributed by atoms with van der Waals surface area (Å²) in [7, 11) is 0. The summed E-state index contributed by atoms with van der Waals surface area (Å²) in [5.74, 6) is 2.77. The van der Waals surface area contributed by atoms with Gasteiger partial charge >= 0.3 is 0 Å². The topological polar surface area (TPSA) is 28.2 Å². The molecule has 20 heavy (non-hydrogen) atoms. The highest BCUT2D eigenvalue weighted by molar-refractivity contribution is 5.37. The van der Waals surface area contributed by atoms with Gasteiger partial charge in [0.05, 0.1) is 0 Å². The normalized spacial score (nSPS) is 17.6. The summed E-state index contributed by atoms with van der Waals surface area (Å²) in [6.45, 7) is 11.4. The van der Waals surface area contributed by atoms with Crippen molar-refractivity contribution in [2.45, 2.75) is 46.6 Å². The Labute approximate surface area is 123 Å². The average Bonchev–Trinajstić information content (AvgIpc) is 2.46. The van der Waals surface area contributed by atoms with Crippen LogP contribution in [-0.4, -0.2) is 29.5 Å². The van der Waals surface area contributed by atoms with Gasteiger partial charge in [0.1, 0.15) is 5.82 Å². The molecule has 0 saturated carbocycles. The molecule has 0 atom stereocenters. The first kappa shape index (κ1) is 15.3. The van der Waals surface area contributed by atoms with E-state index in [9.17, 15) is 0 Å². The van der Waals surface area contributed by atoms with Crippen molar-refractivity contribution in [3.63, 3.8) is 0 Å². The fourth-order valence-corrected chi connectivity index (χ4v) is 2.96. The Morgan fingerprint density at radius 1 is 1.35 bits per heavy atom. The van der Waals surface area contributed by atoms with E-state index >= 15 is 0 Å². The highest BCUT2D eigenvalue weighted by Crippen LogP contribution is 2.25. The first-order valence-corrected chi connectivity index (χ1v) is 8.10. The second-order valence-electron chi connectivity index (χ2n) is 6.33. The van der Waals surface area contributed by atoms with Gasteiger partial charge in [0, 0.05) is 19.3 Å². The summed E-state index contributed by atoms with van der Waals surface area (Å²) in [6, 6.07) is 4.34. The lowest BCUT2D eigenvalue weighted by atomic mass is 9.86. The molecule has 0 unspecified atom stereocenters. The minimum absolute atomic E-state index is 0.836. The van der Waals surface area contributed by atoms with Crippen molar-refractivity contribution >= 4 is 5.82 Å². The van der Waals surface area contributed by atoms with Crippen molar-refractivity contribution < 1.29 is 0 Å². The zero-order valence-electron chi connectivity index (χ0n) is 13.2. The maximum atomic E-state index is 4.38. The van der Waals surface area contributed by atoms with Crippen LogP contribution in [0.25, 0.3) is 0 Å². The summed E-state index contributed by atoms with van der Waals surface area (Å²) < 4.78 is 0. The van der Waals surface area contributed by atoms with E-state index < -0.39 is 0 Å². The molecule has 1 aliphatic heterocycles. The van der Waals surface area contributed by atoms with Crippen LogP contribution in [0.3, 0.4) is 0 Å². The summed E-state index contributed by atoms with van der Waals surface area (Å²) in [5.41, 5.74) is 1.38. The van der Waals surface area contributed by atoms with Crippen LogP contribution in [0.1, 0.15) is 45.6 Å². The lowest BCUT2D eigenvalue weighted by molar-refractivity contribution is 0.152. The fraction of sp³-hybridized carbons (Fsp3) is 0.706. The van der Waals surface area contributed by atoms with E-state index in [1.54, 1.807) is 0 Å². The third-order valence-electron chi connectivity index (χ3n) is 4.36. The molecular formula is C17H29N3. The molecule has 0 spiro atoms. The van der Waals surface area contributed by atoms with Gasteiger partial charge in [-0.1, -0.05) is 20.8 Å². The molecule has 2 heterocycles. The number of pyridine rings is 1. The molecular weight excluding hydrogens is 246 g/mol. The molecule has 1 saturated heterocycles. The number of hydrogen-bond acceptors (Lipinski definition) is 3. The molecule has 1 aromatic heterocycles. The predicted octanol–water partition coefficient (Wildman–Crippen LogP) is 3.77. The van der Waals surface area contributed by atoms with Crippen molar-refractivity contribution in [1.82, 2.24) is 9.88 Å². The van der Waals surface area contributed by atoms with Gasteiger partial charge in [-0.15, -0.1) is 0 Å². The van der Waals surface area contributed by atoms with Gasteiger partial charge in [0.2, 0.25) is 0 Å². The van der Waals surface area contributed by atoms with Crippen LogP contribution in [0, 0.1) is 11.8 Å². The molecule has 0 bridgehead atoms. The van der Waals surface area contributed by atoms with E-state index in [4.69, 9.17) is 0 Å². The van der Waals surface area contributed by atoms with Crippen LogP contribution in [0.2, 0.25) is 0 Å². The molecule has 1 N–H and O–H groups in total. The number of rotatable bonds is 6. The van der Waals surface area contributed by atoms with Crippen molar-refractivity contribution in [1.29, 1.82) is 0 Å². The fourth-order valence-electron chi connectivity index (χ4n) is 2.96.